The van der Waals surface area contributed by atoms with Crippen molar-refractivity contribution in [2.45, 2.75) is 20.8 Å². The van der Waals surface area contributed by atoms with Crippen molar-refractivity contribution in [2.75, 3.05) is 0 Å². The summed E-state index contributed by atoms with van der Waals surface area (Å²) in [5.74, 6) is 0. The van der Waals surface area contributed by atoms with Crippen LogP contribution < -0.4 is 0 Å². The summed E-state index contributed by atoms with van der Waals surface area (Å²) in [5.41, 5.74) is 4.04. The van der Waals surface area contributed by atoms with Crippen LogP contribution in [0.2, 0.25) is 0 Å². The Kier molecular flexibility index (Phi) is 2.41. The van der Waals surface area contributed by atoms with E-state index in [0.29, 0.717) is 0 Å². The lowest BCUT2D eigenvalue weighted by Gasteiger charge is -2.03. The Morgan fingerprint density at radius 2 is 1.92 bits per heavy atom. The van der Waals surface area contributed by atoms with Crippen LogP contribution in [0.4, 0.5) is 5.69 Å². The molecule has 0 aliphatic heterocycles. The van der Waals surface area contributed by atoms with Gasteiger partial charge in [-0.15, -0.1) is 0 Å². The van der Waals surface area contributed by atoms with E-state index in [-0.39, 0.29) is 0 Å². The molecular weight excluding hydrogens is 150 g/mol. The van der Waals surface area contributed by atoms with Crippen LogP contribution in [0.15, 0.2) is 17.1 Å². The highest BCUT2D eigenvalue weighted by Crippen LogP contribution is 2.22. The molecule has 0 aliphatic rings. The van der Waals surface area contributed by atoms with E-state index < -0.39 is 0 Å². The van der Waals surface area contributed by atoms with Crippen LogP contribution in [-0.2, 0) is 4.79 Å². The quantitative estimate of drug-likeness (QED) is 0.459. The lowest BCUT2D eigenvalue weighted by Crippen LogP contribution is -1.83. The predicted molar refractivity (Wildman–Crippen MR) is 48.4 cm³/mol. The van der Waals surface area contributed by atoms with Gasteiger partial charge in [-0.05, 0) is 43.5 Å². The van der Waals surface area contributed by atoms with E-state index in [2.05, 4.69) is 11.1 Å². The van der Waals surface area contributed by atoms with Crippen molar-refractivity contribution < 1.29 is 4.79 Å². The van der Waals surface area contributed by atoms with Gasteiger partial charge in [0.25, 0.3) is 0 Å². The Morgan fingerprint density at radius 1 is 1.25 bits per heavy atom. The van der Waals surface area contributed by atoms with E-state index in [1.54, 1.807) is 6.08 Å². The van der Waals surface area contributed by atoms with Gasteiger partial charge < -0.3 is 0 Å². The van der Waals surface area contributed by atoms with Gasteiger partial charge in [-0.1, -0.05) is 6.07 Å². The second kappa shape index (κ2) is 3.33. The molecule has 1 aromatic carbocycles. The Labute approximate surface area is 71.9 Å². The average Bonchev–Trinajstić information content (AvgIpc) is 2.00. The molecule has 12 heavy (non-hydrogen) atoms. The van der Waals surface area contributed by atoms with E-state index in [0.717, 1.165) is 22.4 Å². The lowest BCUT2D eigenvalue weighted by atomic mass is 10.1. The number of hydrogen-bond donors (Lipinski definition) is 0. The number of aryl methyl sites for hydroxylation is 2. The Hall–Kier alpha value is -1.40. The second-order valence-electron chi connectivity index (χ2n) is 2.93. The Morgan fingerprint density at radius 3 is 2.50 bits per heavy atom. The third-order valence-electron chi connectivity index (χ3n) is 1.95. The summed E-state index contributed by atoms with van der Waals surface area (Å²) in [7, 11) is 0. The van der Waals surface area contributed by atoms with Gasteiger partial charge in [-0.3, -0.25) is 0 Å². The van der Waals surface area contributed by atoms with Crippen LogP contribution in [0.25, 0.3) is 0 Å². The highest BCUT2D eigenvalue weighted by Gasteiger charge is 2.00. The van der Waals surface area contributed by atoms with Crippen LogP contribution in [0, 0.1) is 20.8 Å². The van der Waals surface area contributed by atoms with Crippen molar-refractivity contribution in [2.24, 2.45) is 4.99 Å². The minimum Gasteiger partial charge on any atom is -0.211 e. The minimum absolute atomic E-state index is 0.725. The van der Waals surface area contributed by atoms with Crippen molar-refractivity contribution >= 4 is 11.8 Å². The van der Waals surface area contributed by atoms with Crippen molar-refractivity contribution in [3.05, 3.63) is 28.8 Å². The maximum Gasteiger partial charge on any atom is 0.240 e. The first kappa shape index (κ1) is 8.69. The first-order chi connectivity index (χ1) is 5.65. The van der Waals surface area contributed by atoms with E-state index in [1.165, 1.54) is 0 Å². The number of aliphatic imine (C=N–C) groups is 1. The molecule has 0 N–H and O–H groups in total. The molecule has 0 aromatic heterocycles. The summed E-state index contributed by atoms with van der Waals surface area (Å²) in [5, 5.41) is 0. The molecule has 0 aliphatic carbocycles. The van der Waals surface area contributed by atoms with Crippen molar-refractivity contribution in [3.63, 3.8) is 0 Å². The second-order valence-corrected chi connectivity index (χ2v) is 2.93. The summed E-state index contributed by atoms with van der Waals surface area (Å²) in [6, 6.07) is 3.95. The maximum absolute atomic E-state index is 10.1. The molecule has 2 heteroatoms. The van der Waals surface area contributed by atoms with Gasteiger partial charge in [-0.2, -0.15) is 4.99 Å². The van der Waals surface area contributed by atoms with Gasteiger partial charge in [0.1, 0.15) is 0 Å². The van der Waals surface area contributed by atoms with E-state index in [4.69, 9.17) is 0 Å². The van der Waals surface area contributed by atoms with Crippen molar-refractivity contribution in [1.82, 2.24) is 0 Å². The highest BCUT2D eigenvalue weighted by atomic mass is 16.1. The molecule has 0 saturated carbocycles. The fourth-order valence-electron chi connectivity index (χ4n) is 1.18. The Balaban J connectivity index is 3.36. The summed E-state index contributed by atoms with van der Waals surface area (Å²) in [6.07, 6.45) is 1.55. The molecule has 0 atom stereocenters. The molecule has 0 amide bonds. The lowest BCUT2D eigenvalue weighted by molar-refractivity contribution is 0.565. The van der Waals surface area contributed by atoms with Crippen LogP contribution in [0.3, 0.4) is 0 Å². The molecule has 0 unspecified atom stereocenters. The molecule has 0 fully saturated rings. The molecule has 0 spiro atoms. The van der Waals surface area contributed by atoms with Crippen LogP contribution in [-0.4, -0.2) is 6.08 Å². The predicted octanol–water partition coefficient (Wildman–Crippen LogP) is 2.58. The third kappa shape index (κ3) is 1.60. The monoisotopic (exact) mass is 161 g/mol. The molecule has 0 heterocycles. The number of carbonyl (C=O) groups excluding carboxylic acids is 1. The molecule has 62 valence electrons. The average molecular weight is 161 g/mol. The Bertz CT molecular complexity index is 349. The first-order valence-corrected chi connectivity index (χ1v) is 3.81. The molecule has 0 saturated heterocycles. The fraction of sp³-hybridized carbons (Fsp3) is 0.300. The zero-order valence-electron chi connectivity index (χ0n) is 7.51. The number of benzene rings is 1. The number of isocyanates is 1. The van der Waals surface area contributed by atoms with Crippen LogP contribution >= 0.6 is 0 Å². The summed E-state index contributed by atoms with van der Waals surface area (Å²) >= 11 is 0. The molecule has 0 bridgehead atoms. The molecular formula is C10H11NO. The van der Waals surface area contributed by atoms with Gasteiger partial charge >= 0.3 is 0 Å². The number of hydrogen-bond acceptors (Lipinski definition) is 2. The molecule has 1 aromatic rings. The molecule has 0 radical (unpaired) electrons. The van der Waals surface area contributed by atoms with Crippen LogP contribution in [0.1, 0.15) is 16.7 Å². The summed E-state index contributed by atoms with van der Waals surface area (Å²) in [6.45, 7) is 5.94. The molecule has 1 rings (SSSR count). The highest BCUT2D eigenvalue weighted by molar-refractivity contribution is 5.56. The van der Waals surface area contributed by atoms with Crippen molar-refractivity contribution in [1.29, 1.82) is 0 Å². The van der Waals surface area contributed by atoms with Gasteiger partial charge in [0.15, 0.2) is 0 Å². The number of rotatable bonds is 1. The summed E-state index contributed by atoms with van der Waals surface area (Å²) in [4.78, 5) is 13.7. The van der Waals surface area contributed by atoms with Gasteiger partial charge in [0.05, 0.1) is 5.69 Å². The number of nitrogens with zero attached hydrogens (tertiary/aromatic N) is 1. The summed E-state index contributed by atoms with van der Waals surface area (Å²) < 4.78 is 0. The van der Waals surface area contributed by atoms with Gasteiger partial charge in [-0.25, -0.2) is 4.79 Å². The van der Waals surface area contributed by atoms with Crippen molar-refractivity contribution in [3.8, 4) is 0 Å². The van der Waals surface area contributed by atoms with E-state index in [1.807, 2.05) is 26.8 Å². The molecule has 2 nitrogen and oxygen atoms in total. The zero-order chi connectivity index (χ0) is 9.14. The van der Waals surface area contributed by atoms with Gasteiger partial charge in [0, 0.05) is 0 Å². The topological polar surface area (TPSA) is 29.4 Å². The SMILES string of the molecule is Cc1cc(C)c(C)c(N=C=O)c1. The first-order valence-electron chi connectivity index (χ1n) is 3.81. The zero-order valence-corrected chi connectivity index (χ0v) is 7.51. The van der Waals surface area contributed by atoms with E-state index >= 15 is 0 Å². The smallest absolute Gasteiger partial charge is 0.211 e. The van der Waals surface area contributed by atoms with E-state index in [9.17, 15) is 4.79 Å². The standard InChI is InChI=1S/C10H11NO/c1-7-4-8(2)9(3)10(5-7)11-6-12/h4-5H,1-3H3. The fourth-order valence-corrected chi connectivity index (χ4v) is 1.18. The van der Waals surface area contributed by atoms with Gasteiger partial charge in [0.2, 0.25) is 6.08 Å². The minimum atomic E-state index is 0.725. The normalized spacial score (nSPS) is 9.25. The third-order valence-corrected chi connectivity index (χ3v) is 1.95. The van der Waals surface area contributed by atoms with Crippen LogP contribution in [0.5, 0.6) is 0 Å². The maximum atomic E-state index is 10.1. The largest absolute Gasteiger partial charge is 0.240 e.